The van der Waals surface area contributed by atoms with Gasteiger partial charge in [-0.15, -0.1) is 11.3 Å². The van der Waals surface area contributed by atoms with E-state index in [1.807, 2.05) is 11.3 Å². The van der Waals surface area contributed by atoms with E-state index >= 15 is 0 Å². The van der Waals surface area contributed by atoms with Crippen molar-refractivity contribution < 1.29 is 0 Å². The van der Waals surface area contributed by atoms with E-state index in [1.54, 1.807) is 0 Å². The minimum absolute atomic E-state index is 1.03. The number of para-hydroxylation sites is 4. The van der Waals surface area contributed by atoms with Crippen LogP contribution in [-0.4, -0.2) is 14.1 Å². The van der Waals surface area contributed by atoms with Crippen molar-refractivity contribution in [1.82, 2.24) is 14.1 Å². The molecular formula is C55H33N3S. The summed E-state index contributed by atoms with van der Waals surface area (Å²) in [7, 11) is 0. The number of thiophene rings is 1. The Morgan fingerprint density at radius 2 is 0.831 bits per heavy atom. The van der Waals surface area contributed by atoms with Gasteiger partial charge in [-0.2, -0.15) is 0 Å². The zero-order valence-electron chi connectivity index (χ0n) is 31.8. The van der Waals surface area contributed by atoms with E-state index in [4.69, 9.17) is 4.98 Å². The smallest absolute Gasteiger partial charge is 0.0888 e. The van der Waals surface area contributed by atoms with Gasteiger partial charge in [-0.05, 0) is 65.0 Å². The standard InChI is InChI=1S/C55H33N3S/c1-2-14-40-35(13-1)29-30-46-52-45-19-7-12-24-51(45)59-55(52)53(56-54(40)46)36-27-25-34(26-28-36)37-31-38(57-47-20-8-3-15-41(47)42-16-4-9-21-48(42)57)33-39(32-37)58-49-22-10-5-17-43(49)44-18-6-11-23-50(44)58/h1-33H. The summed E-state index contributed by atoms with van der Waals surface area (Å²) in [6.07, 6.45) is 0. The van der Waals surface area contributed by atoms with Gasteiger partial charge in [0.1, 0.15) is 0 Å². The van der Waals surface area contributed by atoms with Gasteiger partial charge in [-0.3, -0.25) is 0 Å². The molecule has 0 N–H and O–H groups in total. The average molecular weight is 768 g/mol. The van der Waals surface area contributed by atoms with E-state index in [1.165, 1.54) is 79.9 Å². The van der Waals surface area contributed by atoms with Crippen LogP contribution in [0.1, 0.15) is 0 Å². The number of hydrogen-bond donors (Lipinski definition) is 0. The number of benzene rings is 9. The summed E-state index contributed by atoms with van der Waals surface area (Å²) in [6.45, 7) is 0. The minimum Gasteiger partial charge on any atom is -0.309 e. The molecule has 0 aliphatic carbocycles. The predicted octanol–water partition coefficient (Wildman–Crippen LogP) is 15.3. The first-order valence-electron chi connectivity index (χ1n) is 20.1. The third kappa shape index (κ3) is 4.78. The van der Waals surface area contributed by atoms with Crippen molar-refractivity contribution in [3.63, 3.8) is 0 Å². The Bertz CT molecular complexity index is 3610. The summed E-state index contributed by atoms with van der Waals surface area (Å²) >= 11 is 1.84. The van der Waals surface area contributed by atoms with Crippen LogP contribution in [0.4, 0.5) is 0 Å². The second-order valence-electron chi connectivity index (χ2n) is 15.5. The molecule has 3 nitrogen and oxygen atoms in total. The number of pyridine rings is 1. The maximum absolute atomic E-state index is 5.51. The van der Waals surface area contributed by atoms with Crippen LogP contribution in [0.25, 0.3) is 119 Å². The lowest BCUT2D eigenvalue weighted by Crippen LogP contribution is -2.00. The van der Waals surface area contributed by atoms with Crippen molar-refractivity contribution in [3.05, 3.63) is 200 Å². The Balaban J connectivity index is 1.05. The minimum atomic E-state index is 1.03. The second-order valence-corrected chi connectivity index (χ2v) is 16.6. The maximum Gasteiger partial charge on any atom is 0.0888 e. The molecule has 4 heteroatoms. The Morgan fingerprint density at radius 1 is 0.356 bits per heavy atom. The topological polar surface area (TPSA) is 22.8 Å². The van der Waals surface area contributed by atoms with Gasteiger partial charge in [-0.25, -0.2) is 4.98 Å². The van der Waals surface area contributed by atoms with Gasteiger partial charge in [0.2, 0.25) is 0 Å². The molecule has 0 unspecified atom stereocenters. The van der Waals surface area contributed by atoms with Gasteiger partial charge in [0, 0.05) is 64.7 Å². The molecule has 0 amide bonds. The van der Waals surface area contributed by atoms with Gasteiger partial charge in [-0.1, -0.05) is 152 Å². The van der Waals surface area contributed by atoms with Crippen molar-refractivity contribution in [2.24, 2.45) is 0 Å². The highest BCUT2D eigenvalue weighted by Gasteiger charge is 2.20. The van der Waals surface area contributed by atoms with Crippen molar-refractivity contribution in [3.8, 4) is 33.8 Å². The fourth-order valence-corrected chi connectivity index (χ4v) is 10.9. The third-order valence-electron chi connectivity index (χ3n) is 12.3. The first-order chi connectivity index (χ1) is 29.3. The second kappa shape index (κ2) is 12.5. The summed E-state index contributed by atoms with van der Waals surface area (Å²) < 4.78 is 7.37. The first-order valence-corrected chi connectivity index (χ1v) is 20.9. The molecule has 13 aromatic rings. The van der Waals surface area contributed by atoms with E-state index in [-0.39, 0.29) is 0 Å². The number of hydrogen-bond acceptors (Lipinski definition) is 2. The fourth-order valence-electron chi connectivity index (χ4n) is 9.66. The number of rotatable bonds is 4. The fraction of sp³-hybridized carbons (Fsp3) is 0. The molecule has 0 atom stereocenters. The molecule has 4 aromatic heterocycles. The van der Waals surface area contributed by atoms with E-state index in [9.17, 15) is 0 Å². The van der Waals surface area contributed by atoms with Crippen LogP contribution in [0.3, 0.4) is 0 Å². The molecule has 0 bridgehead atoms. The molecule has 13 rings (SSSR count). The van der Waals surface area contributed by atoms with Crippen LogP contribution in [0, 0.1) is 0 Å². The largest absolute Gasteiger partial charge is 0.309 e. The molecule has 9 aromatic carbocycles. The van der Waals surface area contributed by atoms with Gasteiger partial charge >= 0.3 is 0 Å². The lowest BCUT2D eigenvalue weighted by molar-refractivity contribution is 1.13. The van der Waals surface area contributed by atoms with Crippen LogP contribution in [-0.2, 0) is 0 Å². The van der Waals surface area contributed by atoms with Crippen LogP contribution in [0.15, 0.2) is 200 Å². The van der Waals surface area contributed by atoms with Crippen molar-refractivity contribution in [1.29, 1.82) is 0 Å². The summed E-state index contributed by atoms with van der Waals surface area (Å²) in [6, 6.07) is 73.1. The quantitative estimate of drug-likeness (QED) is 0.164. The average Bonchev–Trinajstić information content (AvgIpc) is 3.97. The monoisotopic (exact) mass is 767 g/mol. The summed E-state index contributed by atoms with van der Waals surface area (Å²) in [5, 5.41) is 11.2. The maximum atomic E-state index is 5.51. The molecule has 0 spiro atoms. The molecule has 274 valence electrons. The lowest BCUT2D eigenvalue weighted by Gasteiger charge is -2.16. The molecule has 59 heavy (non-hydrogen) atoms. The zero-order valence-corrected chi connectivity index (χ0v) is 32.6. The van der Waals surface area contributed by atoms with Crippen LogP contribution in [0.5, 0.6) is 0 Å². The normalized spacial score (nSPS) is 12.1. The van der Waals surface area contributed by atoms with Gasteiger partial charge in [0.15, 0.2) is 0 Å². The van der Waals surface area contributed by atoms with Gasteiger partial charge in [0.05, 0.1) is 38.0 Å². The first kappa shape index (κ1) is 32.5. The van der Waals surface area contributed by atoms with Crippen LogP contribution >= 0.6 is 11.3 Å². The van der Waals surface area contributed by atoms with Crippen LogP contribution in [0.2, 0.25) is 0 Å². The highest BCUT2D eigenvalue weighted by atomic mass is 32.1. The Hall–Kier alpha value is -7.53. The molecule has 0 aliphatic rings. The Kier molecular flexibility index (Phi) is 6.89. The van der Waals surface area contributed by atoms with Crippen molar-refractivity contribution >= 4 is 96.8 Å². The summed E-state index contributed by atoms with van der Waals surface area (Å²) in [5.74, 6) is 0. The third-order valence-corrected chi connectivity index (χ3v) is 13.5. The SMILES string of the molecule is c1ccc2c(c1)ccc1c2nc(-c2ccc(-c3cc(-n4c5ccccc5c5ccccc54)cc(-n4c5ccccc5c5ccccc54)c3)cc2)c2sc3ccccc3c21. The molecule has 4 heterocycles. The molecule has 0 radical (unpaired) electrons. The summed E-state index contributed by atoms with van der Waals surface area (Å²) in [5.41, 5.74) is 12.5. The van der Waals surface area contributed by atoms with Crippen molar-refractivity contribution in [2.75, 3.05) is 0 Å². The van der Waals surface area contributed by atoms with E-state index in [2.05, 4.69) is 209 Å². The van der Waals surface area contributed by atoms with Crippen LogP contribution < -0.4 is 0 Å². The van der Waals surface area contributed by atoms with Crippen molar-refractivity contribution in [2.45, 2.75) is 0 Å². The molecular weight excluding hydrogens is 735 g/mol. The van der Waals surface area contributed by atoms with E-state index in [0.29, 0.717) is 0 Å². The number of aromatic nitrogens is 3. The Labute approximate surface area is 343 Å². The number of fused-ring (bicyclic) bond motifs is 13. The Morgan fingerprint density at radius 3 is 1.41 bits per heavy atom. The highest BCUT2D eigenvalue weighted by Crippen LogP contribution is 2.45. The lowest BCUT2D eigenvalue weighted by atomic mass is 9.98. The van der Waals surface area contributed by atoms with Gasteiger partial charge < -0.3 is 9.13 Å². The number of nitrogens with zero attached hydrogens (tertiary/aromatic N) is 3. The van der Waals surface area contributed by atoms with E-state index in [0.717, 1.165) is 39.3 Å². The summed E-state index contributed by atoms with van der Waals surface area (Å²) in [4.78, 5) is 5.51. The molecule has 0 aliphatic heterocycles. The van der Waals surface area contributed by atoms with E-state index < -0.39 is 0 Å². The zero-order chi connectivity index (χ0) is 38.6. The predicted molar refractivity (Wildman–Crippen MR) is 252 cm³/mol. The highest BCUT2D eigenvalue weighted by molar-refractivity contribution is 7.26. The molecule has 0 fully saturated rings. The molecule has 0 saturated heterocycles. The molecule has 0 saturated carbocycles. The van der Waals surface area contributed by atoms with Gasteiger partial charge in [0.25, 0.3) is 0 Å².